The Balaban J connectivity index is 1.97. The summed E-state index contributed by atoms with van der Waals surface area (Å²) in [7, 11) is 0. The molecule has 0 aliphatic heterocycles. The SMILES string of the molecule is CCN(CC)c1ccc(C=C(C#N)C(N)=O)c(OCn2nnc3ccccc32)c1. The van der Waals surface area contributed by atoms with Crippen molar-refractivity contribution >= 4 is 28.7 Å². The monoisotopic (exact) mass is 390 g/mol. The van der Waals surface area contributed by atoms with Gasteiger partial charge in [0.05, 0.1) is 5.52 Å². The first-order valence-electron chi connectivity index (χ1n) is 9.29. The van der Waals surface area contributed by atoms with Crippen molar-refractivity contribution in [1.29, 1.82) is 5.26 Å². The number of fused-ring (bicyclic) bond motifs is 1. The van der Waals surface area contributed by atoms with E-state index >= 15 is 0 Å². The van der Waals surface area contributed by atoms with Gasteiger partial charge >= 0.3 is 0 Å². The van der Waals surface area contributed by atoms with Gasteiger partial charge in [0.1, 0.15) is 22.9 Å². The number of amides is 1. The van der Waals surface area contributed by atoms with Gasteiger partial charge in [-0.25, -0.2) is 4.68 Å². The van der Waals surface area contributed by atoms with Crippen molar-refractivity contribution in [1.82, 2.24) is 15.0 Å². The molecule has 3 rings (SSSR count). The maximum Gasteiger partial charge on any atom is 0.259 e. The molecule has 0 aliphatic carbocycles. The van der Waals surface area contributed by atoms with Crippen LogP contribution < -0.4 is 15.4 Å². The predicted octanol–water partition coefficient (Wildman–Crippen LogP) is 2.71. The van der Waals surface area contributed by atoms with Crippen molar-refractivity contribution in [2.75, 3.05) is 18.0 Å². The van der Waals surface area contributed by atoms with Crippen LogP contribution in [0, 0.1) is 11.3 Å². The Bertz CT molecular complexity index is 1090. The van der Waals surface area contributed by atoms with E-state index in [1.807, 2.05) is 48.5 Å². The molecule has 0 bridgehead atoms. The first-order valence-corrected chi connectivity index (χ1v) is 9.29. The van der Waals surface area contributed by atoms with E-state index in [4.69, 9.17) is 10.5 Å². The van der Waals surface area contributed by atoms with E-state index in [2.05, 4.69) is 29.1 Å². The Hall–Kier alpha value is -3.86. The summed E-state index contributed by atoms with van der Waals surface area (Å²) in [5, 5.41) is 17.4. The number of carbonyl (C=O) groups excluding carboxylic acids is 1. The van der Waals surface area contributed by atoms with Gasteiger partial charge in [-0.1, -0.05) is 17.3 Å². The Labute approximate surface area is 168 Å². The minimum absolute atomic E-state index is 0.127. The third-order valence-corrected chi connectivity index (χ3v) is 4.57. The summed E-state index contributed by atoms with van der Waals surface area (Å²) in [5.41, 5.74) is 8.31. The number of para-hydroxylation sites is 1. The van der Waals surface area contributed by atoms with Crippen molar-refractivity contribution < 1.29 is 9.53 Å². The van der Waals surface area contributed by atoms with Crippen LogP contribution >= 0.6 is 0 Å². The fraction of sp³-hybridized carbons (Fsp3) is 0.238. The van der Waals surface area contributed by atoms with Crippen LogP contribution in [-0.4, -0.2) is 34.0 Å². The van der Waals surface area contributed by atoms with E-state index < -0.39 is 5.91 Å². The van der Waals surface area contributed by atoms with Gasteiger partial charge in [0, 0.05) is 30.4 Å². The average molecular weight is 390 g/mol. The lowest BCUT2D eigenvalue weighted by Crippen LogP contribution is -2.21. The maximum atomic E-state index is 11.5. The first-order chi connectivity index (χ1) is 14.1. The summed E-state index contributed by atoms with van der Waals surface area (Å²) in [4.78, 5) is 13.6. The van der Waals surface area contributed by atoms with Crippen LogP contribution in [0.2, 0.25) is 0 Å². The van der Waals surface area contributed by atoms with Gasteiger partial charge < -0.3 is 15.4 Å². The molecule has 0 spiro atoms. The molecule has 29 heavy (non-hydrogen) atoms. The van der Waals surface area contributed by atoms with Crippen molar-refractivity contribution in [2.45, 2.75) is 20.6 Å². The smallest absolute Gasteiger partial charge is 0.259 e. The number of carbonyl (C=O) groups is 1. The molecule has 0 unspecified atom stereocenters. The third-order valence-electron chi connectivity index (χ3n) is 4.57. The number of hydrogen-bond donors (Lipinski definition) is 1. The Kier molecular flexibility index (Phi) is 6.09. The number of nitrogens with two attached hydrogens (primary N) is 1. The zero-order chi connectivity index (χ0) is 20.8. The highest BCUT2D eigenvalue weighted by molar-refractivity contribution is 6.00. The molecule has 0 atom stereocenters. The minimum atomic E-state index is -0.784. The van der Waals surface area contributed by atoms with Gasteiger partial charge in [-0.05, 0) is 44.2 Å². The standard InChI is InChI=1S/C21H22N6O2/c1-3-26(4-2)17-10-9-15(11-16(13-22)21(23)28)20(12-17)29-14-27-19-8-6-5-7-18(19)24-25-27/h5-12H,3-4,14H2,1-2H3,(H2,23,28). The molecule has 2 aromatic carbocycles. The van der Waals surface area contributed by atoms with E-state index in [9.17, 15) is 10.1 Å². The van der Waals surface area contributed by atoms with Crippen LogP contribution in [0.1, 0.15) is 19.4 Å². The normalized spacial score (nSPS) is 11.3. The quantitative estimate of drug-likeness (QED) is 0.468. The molecular formula is C21H22N6O2. The molecule has 148 valence electrons. The van der Waals surface area contributed by atoms with Crippen LogP contribution in [0.15, 0.2) is 48.0 Å². The van der Waals surface area contributed by atoms with Crippen molar-refractivity contribution in [3.05, 3.63) is 53.6 Å². The van der Waals surface area contributed by atoms with E-state index in [0.29, 0.717) is 11.3 Å². The topological polar surface area (TPSA) is 110 Å². The average Bonchev–Trinajstić information content (AvgIpc) is 3.15. The van der Waals surface area contributed by atoms with E-state index in [0.717, 1.165) is 29.8 Å². The number of ether oxygens (including phenoxy) is 1. The number of anilines is 1. The molecular weight excluding hydrogens is 368 g/mol. The zero-order valence-electron chi connectivity index (χ0n) is 16.4. The molecule has 1 heterocycles. The molecule has 0 fully saturated rings. The maximum absolute atomic E-state index is 11.5. The lowest BCUT2D eigenvalue weighted by atomic mass is 10.1. The van der Waals surface area contributed by atoms with Crippen LogP contribution in [-0.2, 0) is 11.5 Å². The zero-order valence-corrected chi connectivity index (χ0v) is 16.4. The lowest BCUT2D eigenvalue weighted by Gasteiger charge is -2.22. The van der Waals surface area contributed by atoms with Crippen molar-refractivity contribution in [3.63, 3.8) is 0 Å². The first kappa shape index (κ1) is 19.9. The van der Waals surface area contributed by atoms with Gasteiger partial charge in [0.2, 0.25) is 0 Å². The number of nitrogens with zero attached hydrogens (tertiary/aromatic N) is 5. The lowest BCUT2D eigenvalue weighted by molar-refractivity contribution is -0.114. The van der Waals surface area contributed by atoms with Gasteiger partial charge in [-0.15, -0.1) is 5.10 Å². The Morgan fingerprint density at radius 1 is 1.28 bits per heavy atom. The molecule has 0 saturated heterocycles. The highest BCUT2D eigenvalue weighted by Gasteiger charge is 2.12. The molecule has 8 nitrogen and oxygen atoms in total. The van der Waals surface area contributed by atoms with Crippen LogP contribution in [0.5, 0.6) is 5.75 Å². The Morgan fingerprint density at radius 2 is 2.03 bits per heavy atom. The summed E-state index contributed by atoms with van der Waals surface area (Å²) < 4.78 is 7.67. The predicted molar refractivity (Wildman–Crippen MR) is 111 cm³/mol. The molecule has 1 amide bonds. The van der Waals surface area contributed by atoms with E-state index in [-0.39, 0.29) is 12.3 Å². The van der Waals surface area contributed by atoms with Gasteiger partial charge in [0.15, 0.2) is 6.73 Å². The van der Waals surface area contributed by atoms with Gasteiger partial charge in [-0.2, -0.15) is 5.26 Å². The van der Waals surface area contributed by atoms with E-state index in [1.54, 1.807) is 4.68 Å². The third kappa shape index (κ3) is 4.35. The molecule has 0 radical (unpaired) electrons. The van der Waals surface area contributed by atoms with Crippen LogP contribution in [0.4, 0.5) is 5.69 Å². The summed E-state index contributed by atoms with van der Waals surface area (Å²) in [5.74, 6) is -0.267. The fourth-order valence-corrected chi connectivity index (χ4v) is 3.01. The van der Waals surface area contributed by atoms with Gasteiger partial charge in [-0.3, -0.25) is 4.79 Å². The van der Waals surface area contributed by atoms with E-state index in [1.165, 1.54) is 6.08 Å². The number of hydrogen-bond acceptors (Lipinski definition) is 6. The molecule has 2 N–H and O–H groups in total. The Morgan fingerprint density at radius 3 is 2.72 bits per heavy atom. The van der Waals surface area contributed by atoms with Gasteiger partial charge in [0.25, 0.3) is 5.91 Å². The molecule has 0 saturated carbocycles. The summed E-state index contributed by atoms with van der Waals surface area (Å²) in [6.45, 7) is 5.94. The fourth-order valence-electron chi connectivity index (χ4n) is 3.01. The number of rotatable bonds is 8. The molecule has 8 heteroatoms. The van der Waals surface area contributed by atoms with Crippen molar-refractivity contribution in [2.24, 2.45) is 5.73 Å². The number of nitriles is 1. The second-order valence-electron chi connectivity index (χ2n) is 6.28. The summed E-state index contributed by atoms with van der Waals surface area (Å²) >= 11 is 0. The second-order valence-corrected chi connectivity index (χ2v) is 6.28. The van der Waals surface area contributed by atoms with Crippen molar-refractivity contribution in [3.8, 4) is 11.8 Å². The molecule has 3 aromatic rings. The highest BCUT2D eigenvalue weighted by Crippen LogP contribution is 2.28. The summed E-state index contributed by atoms with van der Waals surface area (Å²) in [6, 6.07) is 15.0. The second kappa shape index (κ2) is 8.89. The minimum Gasteiger partial charge on any atom is -0.470 e. The molecule has 0 aliphatic rings. The number of benzene rings is 2. The van der Waals surface area contributed by atoms with Crippen LogP contribution in [0.25, 0.3) is 17.1 Å². The largest absolute Gasteiger partial charge is 0.470 e. The summed E-state index contributed by atoms with van der Waals surface area (Å²) in [6.07, 6.45) is 1.43. The molecule has 1 aromatic heterocycles. The number of primary amides is 1. The highest BCUT2D eigenvalue weighted by atomic mass is 16.5. The number of aromatic nitrogens is 3. The van der Waals surface area contributed by atoms with Crippen LogP contribution in [0.3, 0.4) is 0 Å².